The van der Waals surface area contributed by atoms with Gasteiger partial charge in [0.2, 0.25) is 11.7 Å². The zero-order chi connectivity index (χ0) is 19.2. The summed E-state index contributed by atoms with van der Waals surface area (Å²) in [5, 5.41) is 4.00. The van der Waals surface area contributed by atoms with Crippen molar-refractivity contribution in [2.75, 3.05) is 39.3 Å². The third-order valence-corrected chi connectivity index (χ3v) is 4.81. The average Bonchev–Trinajstić information content (AvgIpc) is 3.19. The minimum Gasteiger partial charge on any atom is -0.492 e. The number of hydrogen-bond donors (Lipinski definition) is 0. The second kappa shape index (κ2) is 8.95. The zero-order valence-corrected chi connectivity index (χ0v) is 15.6. The van der Waals surface area contributed by atoms with Crippen molar-refractivity contribution >= 4 is 0 Å². The number of rotatable bonds is 7. The van der Waals surface area contributed by atoms with Crippen LogP contribution in [0, 0.1) is 5.82 Å². The summed E-state index contributed by atoms with van der Waals surface area (Å²) in [5.74, 6) is 1.71. The number of nitrogens with zero attached hydrogens (tertiary/aromatic N) is 4. The van der Waals surface area contributed by atoms with Gasteiger partial charge in [-0.25, -0.2) is 4.39 Å². The quantitative estimate of drug-likeness (QED) is 0.626. The number of aromatic nitrogens is 2. The summed E-state index contributed by atoms with van der Waals surface area (Å²) < 4.78 is 24.2. The van der Waals surface area contributed by atoms with Gasteiger partial charge in [-0.15, -0.1) is 0 Å². The van der Waals surface area contributed by atoms with Gasteiger partial charge in [0.1, 0.15) is 18.2 Å². The standard InChI is InChI=1S/C21H23FN4O2/c22-18-8-6-17(7-9-18)21-23-20(28-24-21)16-26-12-10-25(11-13-26)14-15-27-19-4-2-1-3-5-19/h1-9H,10-16H2. The Kier molecular flexibility index (Phi) is 5.94. The van der Waals surface area contributed by atoms with Gasteiger partial charge in [-0.3, -0.25) is 9.80 Å². The molecule has 0 spiro atoms. The highest BCUT2D eigenvalue weighted by Gasteiger charge is 2.19. The fourth-order valence-electron chi connectivity index (χ4n) is 3.21. The fourth-order valence-corrected chi connectivity index (χ4v) is 3.21. The number of benzene rings is 2. The first-order valence-corrected chi connectivity index (χ1v) is 9.47. The molecule has 0 aliphatic carbocycles. The lowest BCUT2D eigenvalue weighted by atomic mass is 10.2. The van der Waals surface area contributed by atoms with Crippen LogP contribution in [0.1, 0.15) is 5.89 Å². The molecule has 0 N–H and O–H groups in total. The smallest absolute Gasteiger partial charge is 0.241 e. The first kappa shape index (κ1) is 18.6. The van der Waals surface area contributed by atoms with Crippen LogP contribution in [0.3, 0.4) is 0 Å². The normalized spacial score (nSPS) is 15.6. The van der Waals surface area contributed by atoms with Gasteiger partial charge in [-0.2, -0.15) is 4.98 Å². The van der Waals surface area contributed by atoms with Gasteiger partial charge in [-0.05, 0) is 36.4 Å². The number of para-hydroxylation sites is 1. The molecule has 1 saturated heterocycles. The molecule has 146 valence electrons. The summed E-state index contributed by atoms with van der Waals surface area (Å²) in [7, 11) is 0. The molecule has 0 radical (unpaired) electrons. The van der Waals surface area contributed by atoms with E-state index in [4.69, 9.17) is 9.26 Å². The maximum atomic E-state index is 13.0. The molecule has 2 heterocycles. The lowest BCUT2D eigenvalue weighted by Crippen LogP contribution is -2.47. The zero-order valence-electron chi connectivity index (χ0n) is 15.6. The van der Waals surface area contributed by atoms with E-state index in [1.165, 1.54) is 12.1 Å². The van der Waals surface area contributed by atoms with Crippen molar-refractivity contribution in [1.29, 1.82) is 0 Å². The Morgan fingerprint density at radius 2 is 1.64 bits per heavy atom. The van der Waals surface area contributed by atoms with Crippen molar-refractivity contribution in [3.8, 4) is 17.1 Å². The topological polar surface area (TPSA) is 54.6 Å². The Labute approximate surface area is 163 Å². The van der Waals surface area contributed by atoms with Gasteiger partial charge in [-0.1, -0.05) is 23.4 Å². The van der Waals surface area contributed by atoms with Crippen LogP contribution in [-0.4, -0.2) is 59.3 Å². The molecule has 0 unspecified atom stereocenters. The van der Waals surface area contributed by atoms with Gasteiger partial charge in [0.15, 0.2) is 0 Å². The average molecular weight is 382 g/mol. The van der Waals surface area contributed by atoms with Crippen LogP contribution in [0.25, 0.3) is 11.4 Å². The molecule has 1 aromatic heterocycles. The van der Waals surface area contributed by atoms with E-state index in [1.807, 2.05) is 30.3 Å². The van der Waals surface area contributed by atoms with Crippen LogP contribution in [0.2, 0.25) is 0 Å². The van der Waals surface area contributed by atoms with E-state index in [2.05, 4.69) is 19.9 Å². The van der Waals surface area contributed by atoms with Crippen molar-refractivity contribution in [3.63, 3.8) is 0 Å². The molecule has 28 heavy (non-hydrogen) atoms. The molecular formula is C21H23FN4O2. The number of hydrogen-bond acceptors (Lipinski definition) is 6. The molecular weight excluding hydrogens is 359 g/mol. The largest absolute Gasteiger partial charge is 0.492 e. The highest BCUT2D eigenvalue weighted by atomic mass is 19.1. The number of ether oxygens (including phenoxy) is 1. The first-order chi connectivity index (χ1) is 13.8. The molecule has 7 heteroatoms. The van der Waals surface area contributed by atoms with E-state index in [-0.39, 0.29) is 5.82 Å². The van der Waals surface area contributed by atoms with Crippen LogP contribution in [-0.2, 0) is 6.54 Å². The summed E-state index contributed by atoms with van der Waals surface area (Å²) in [5.41, 5.74) is 0.750. The van der Waals surface area contributed by atoms with E-state index in [0.29, 0.717) is 24.9 Å². The van der Waals surface area contributed by atoms with Crippen LogP contribution in [0.4, 0.5) is 4.39 Å². The van der Waals surface area contributed by atoms with E-state index in [9.17, 15) is 4.39 Å². The van der Waals surface area contributed by atoms with Gasteiger partial charge in [0.05, 0.1) is 6.54 Å². The first-order valence-electron chi connectivity index (χ1n) is 9.47. The van der Waals surface area contributed by atoms with E-state index in [0.717, 1.165) is 44.0 Å². The van der Waals surface area contributed by atoms with Gasteiger partial charge < -0.3 is 9.26 Å². The van der Waals surface area contributed by atoms with Crippen molar-refractivity contribution in [3.05, 3.63) is 66.3 Å². The predicted molar refractivity (Wildman–Crippen MR) is 103 cm³/mol. The van der Waals surface area contributed by atoms with Gasteiger partial charge in [0, 0.05) is 38.3 Å². The maximum absolute atomic E-state index is 13.0. The number of piperazine rings is 1. The molecule has 0 atom stereocenters. The van der Waals surface area contributed by atoms with Crippen LogP contribution < -0.4 is 4.74 Å². The molecule has 3 aromatic rings. The van der Waals surface area contributed by atoms with Crippen molar-refractivity contribution < 1.29 is 13.7 Å². The predicted octanol–water partition coefficient (Wildman–Crippen LogP) is 3.07. The van der Waals surface area contributed by atoms with E-state index >= 15 is 0 Å². The lowest BCUT2D eigenvalue weighted by Gasteiger charge is -2.33. The Balaban J connectivity index is 1.21. The SMILES string of the molecule is Fc1ccc(-c2noc(CN3CCN(CCOc4ccccc4)CC3)n2)cc1. The molecule has 0 bridgehead atoms. The van der Waals surface area contributed by atoms with Crippen molar-refractivity contribution in [1.82, 2.24) is 19.9 Å². The Bertz CT molecular complexity index is 862. The highest BCUT2D eigenvalue weighted by Crippen LogP contribution is 2.17. The summed E-state index contributed by atoms with van der Waals surface area (Å²) in [6.45, 7) is 6.09. The molecule has 0 amide bonds. The fraction of sp³-hybridized carbons (Fsp3) is 0.333. The van der Waals surface area contributed by atoms with Gasteiger partial charge in [0.25, 0.3) is 0 Å². The molecule has 6 nitrogen and oxygen atoms in total. The molecule has 4 rings (SSSR count). The third-order valence-electron chi connectivity index (χ3n) is 4.81. The Morgan fingerprint density at radius 1 is 0.929 bits per heavy atom. The minimum absolute atomic E-state index is 0.278. The van der Waals surface area contributed by atoms with E-state index in [1.54, 1.807) is 12.1 Å². The minimum atomic E-state index is -0.278. The number of halogens is 1. The molecule has 1 aliphatic rings. The van der Waals surface area contributed by atoms with Crippen LogP contribution in [0.5, 0.6) is 5.75 Å². The molecule has 2 aromatic carbocycles. The Hall–Kier alpha value is -2.77. The summed E-state index contributed by atoms with van der Waals surface area (Å²) in [6, 6.07) is 16.0. The Morgan fingerprint density at radius 3 is 2.39 bits per heavy atom. The molecule has 1 fully saturated rings. The second-order valence-corrected chi connectivity index (χ2v) is 6.80. The lowest BCUT2D eigenvalue weighted by molar-refractivity contribution is 0.104. The van der Waals surface area contributed by atoms with Crippen molar-refractivity contribution in [2.24, 2.45) is 0 Å². The molecule has 0 saturated carbocycles. The van der Waals surface area contributed by atoms with Gasteiger partial charge >= 0.3 is 0 Å². The monoisotopic (exact) mass is 382 g/mol. The van der Waals surface area contributed by atoms with Crippen LogP contribution >= 0.6 is 0 Å². The summed E-state index contributed by atoms with van der Waals surface area (Å²) in [4.78, 5) is 9.13. The summed E-state index contributed by atoms with van der Waals surface area (Å²) >= 11 is 0. The maximum Gasteiger partial charge on any atom is 0.241 e. The second-order valence-electron chi connectivity index (χ2n) is 6.80. The molecule has 1 aliphatic heterocycles. The highest BCUT2D eigenvalue weighted by molar-refractivity contribution is 5.53. The van der Waals surface area contributed by atoms with Crippen molar-refractivity contribution in [2.45, 2.75) is 6.54 Å². The van der Waals surface area contributed by atoms with Crippen LogP contribution in [0.15, 0.2) is 59.1 Å². The summed E-state index contributed by atoms with van der Waals surface area (Å²) in [6.07, 6.45) is 0. The van der Waals surface area contributed by atoms with E-state index < -0.39 is 0 Å². The third kappa shape index (κ3) is 4.94.